The van der Waals surface area contributed by atoms with Crippen molar-refractivity contribution in [1.29, 1.82) is 0 Å². The molecule has 3 rings (SSSR count). The Morgan fingerprint density at radius 3 is 2.15 bits per heavy atom. The summed E-state index contributed by atoms with van der Waals surface area (Å²) in [5.74, 6) is 5.33. The van der Waals surface area contributed by atoms with E-state index >= 15 is 0 Å². The summed E-state index contributed by atoms with van der Waals surface area (Å²) >= 11 is 0. The van der Waals surface area contributed by atoms with Crippen LogP contribution in [0.5, 0.6) is 0 Å². The molecule has 20 heavy (non-hydrogen) atoms. The van der Waals surface area contributed by atoms with Crippen molar-refractivity contribution in [2.24, 2.45) is 5.84 Å². The number of rotatable bonds is 3. The molecule has 104 valence electrons. The fourth-order valence-corrected chi connectivity index (χ4v) is 3.43. The molecule has 1 aromatic carbocycles. The summed E-state index contributed by atoms with van der Waals surface area (Å²) in [6.45, 7) is 0.741. The van der Waals surface area contributed by atoms with Crippen LogP contribution >= 0.6 is 0 Å². The number of hydrazine groups is 1. The van der Waals surface area contributed by atoms with Crippen LogP contribution in [0.4, 0.5) is 5.95 Å². The van der Waals surface area contributed by atoms with Gasteiger partial charge in [-0.3, -0.25) is 5.43 Å². The number of nitrogens with one attached hydrogen (secondary N) is 1. The van der Waals surface area contributed by atoms with E-state index in [4.69, 9.17) is 5.84 Å². The molecule has 0 fully saturated rings. The topological polar surface area (TPSA) is 101 Å². The minimum Gasteiger partial charge on any atom is -0.292 e. The quantitative estimate of drug-likeness (QED) is 0.629. The Kier molecular flexibility index (Phi) is 3.13. The normalized spacial score (nSPS) is 15.1. The zero-order chi connectivity index (χ0) is 14.2. The lowest BCUT2D eigenvalue weighted by Gasteiger charge is -2.15. The third kappa shape index (κ3) is 2.13. The Bertz CT molecular complexity index is 705. The van der Waals surface area contributed by atoms with Gasteiger partial charge in [0.15, 0.2) is 0 Å². The fourth-order valence-electron chi connectivity index (χ4n) is 2.14. The second-order valence-corrected chi connectivity index (χ2v) is 6.37. The number of hydrogen-bond donors (Lipinski definition) is 2. The van der Waals surface area contributed by atoms with E-state index in [9.17, 15) is 8.42 Å². The molecule has 0 saturated heterocycles. The number of aromatic nitrogens is 2. The molecule has 0 atom stereocenters. The predicted molar refractivity (Wildman–Crippen MR) is 72.7 cm³/mol. The van der Waals surface area contributed by atoms with Gasteiger partial charge in [0.1, 0.15) is 4.90 Å². The maximum Gasteiger partial charge on any atom is 0.246 e. The molecule has 0 bridgehead atoms. The van der Waals surface area contributed by atoms with Gasteiger partial charge in [0.05, 0.1) is 12.4 Å². The Hall–Kier alpha value is -2.03. The molecule has 2 aromatic rings. The molecule has 1 aliphatic heterocycles. The molecule has 3 N–H and O–H groups in total. The van der Waals surface area contributed by atoms with Crippen molar-refractivity contribution in [2.75, 3.05) is 5.43 Å². The fraction of sp³-hybridized carbons (Fsp3) is 0.167. The van der Waals surface area contributed by atoms with Crippen molar-refractivity contribution in [2.45, 2.75) is 18.0 Å². The summed E-state index contributed by atoms with van der Waals surface area (Å²) in [6.07, 6.45) is 2.50. The lowest BCUT2D eigenvalue weighted by Crippen LogP contribution is -2.26. The molecule has 0 aliphatic carbocycles. The van der Waals surface area contributed by atoms with E-state index in [-0.39, 0.29) is 10.8 Å². The number of anilines is 1. The molecule has 0 amide bonds. The molecule has 0 saturated carbocycles. The third-order valence-corrected chi connectivity index (χ3v) is 4.95. The summed E-state index contributed by atoms with van der Waals surface area (Å²) in [5, 5.41) is 0. The van der Waals surface area contributed by atoms with Crippen molar-refractivity contribution in [3.05, 3.63) is 47.8 Å². The van der Waals surface area contributed by atoms with Crippen molar-refractivity contribution in [3.8, 4) is 0 Å². The zero-order valence-electron chi connectivity index (χ0n) is 10.5. The van der Waals surface area contributed by atoms with E-state index in [1.807, 2.05) is 24.3 Å². The van der Waals surface area contributed by atoms with Crippen LogP contribution in [0.2, 0.25) is 0 Å². The third-order valence-electron chi connectivity index (χ3n) is 3.21. The molecule has 2 heterocycles. The van der Waals surface area contributed by atoms with Crippen LogP contribution in [0.25, 0.3) is 0 Å². The van der Waals surface area contributed by atoms with Crippen molar-refractivity contribution < 1.29 is 8.42 Å². The Balaban J connectivity index is 1.90. The van der Waals surface area contributed by atoms with Gasteiger partial charge in [-0.05, 0) is 11.1 Å². The van der Waals surface area contributed by atoms with Crippen LogP contribution in [0, 0.1) is 0 Å². The predicted octanol–water partition coefficient (Wildman–Crippen LogP) is 0.467. The number of fused-ring (bicyclic) bond motifs is 1. The minimum atomic E-state index is -3.59. The summed E-state index contributed by atoms with van der Waals surface area (Å²) in [4.78, 5) is 7.72. The molecule has 7 nitrogen and oxygen atoms in total. The monoisotopic (exact) mass is 291 g/mol. The summed E-state index contributed by atoms with van der Waals surface area (Å²) in [5.41, 5.74) is 4.31. The first kappa shape index (κ1) is 13.0. The average molecular weight is 291 g/mol. The van der Waals surface area contributed by atoms with Crippen molar-refractivity contribution in [3.63, 3.8) is 0 Å². The number of nitrogens with zero attached hydrogens (tertiary/aromatic N) is 3. The molecule has 0 unspecified atom stereocenters. The maximum absolute atomic E-state index is 12.5. The number of hydrogen-bond acceptors (Lipinski definition) is 6. The number of sulfonamides is 1. The SMILES string of the molecule is NNc1ncc(S(=O)(=O)N2Cc3ccccc3C2)cn1. The van der Waals surface area contributed by atoms with E-state index in [0.717, 1.165) is 11.1 Å². The summed E-state index contributed by atoms with van der Waals surface area (Å²) < 4.78 is 26.4. The van der Waals surface area contributed by atoms with Gasteiger partial charge in [-0.2, -0.15) is 4.31 Å². The smallest absolute Gasteiger partial charge is 0.246 e. The van der Waals surface area contributed by atoms with Crippen LogP contribution in [0.15, 0.2) is 41.6 Å². The highest BCUT2D eigenvalue weighted by Crippen LogP contribution is 2.27. The van der Waals surface area contributed by atoms with Crippen molar-refractivity contribution >= 4 is 16.0 Å². The largest absolute Gasteiger partial charge is 0.292 e. The highest BCUT2D eigenvalue weighted by Gasteiger charge is 2.30. The molecule has 0 spiro atoms. The molecule has 1 aromatic heterocycles. The second kappa shape index (κ2) is 4.82. The molecule has 8 heteroatoms. The maximum atomic E-state index is 12.5. The van der Waals surface area contributed by atoms with Gasteiger partial charge in [0.25, 0.3) is 0 Å². The Labute approximate surface area is 116 Å². The van der Waals surface area contributed by atoms with Gasteiger partial charge >= 0.3 is 0 Å². The molecular weight excluding hydrogens is 278 g/mol. The summed E-state index contributed by atoms with van der Waals surface area (Å²) in [6, 6.07) is 7.67. The van der Waals surface area contributed by atoms with E-state index in [1.54, 1.807) is 0 Å². The lowest BCUT2D eigenvalue weighted by molar-refractivity contribution is 0.431. The van der Waals surface area contributed by atoms with E-state index in [0.29, 0.717) is 13.1 Å². The van der Waals surface area contributed by atoms with E-state index in [1.165, 1.54) is 16.7 Å². The van der Waals surface area contributed by atoms with Crippen LogP contribution in [0.3, 0.4) is 0 Å². The van der Waals surface area contributed by atoms with Gasteiger partial charge < -0.3 is 0 Å². The van der Waals surface area contributed by atoms with Crippen LogP contribution in [-0.2, 0) is 23.1 Å². The Morgan fingerprint density at radius 2 is 1.65 bits per heavy atom. The standard InChI is InChI=1S/C12H13N5O2S/c13-16-12-14-5-11(6-15-12)20(18,19)17-7-9-3-1-2-4-10(9)8-17/h1-6H,7-8,13H2,(H,14,15,16). The molecular formula is C12H13N5O2S. The van der Waals surface area contributed by atoms with Gasteiger partial charge in [-0.15, -0.1) is 0 Å². The molecule has 1 aliphatic rings. The number of nitrogen functional groups attached to an aromatic ring is 1. The minimum absolute atomic E-state index is 0.0595. The second-order valence-electron chi connectivity index (χ2n) is 4.43. The highest BCUT2D eigenvalue weighted by atomic mass is 32.2. The van der Waals surface area contributed by atoms with Crippen LogP contribution in [-0.4, -0.2) is 22.7 Å². The lowest BCUT2D eigenvalue weighted by atomic mass is 10.1. The average Bonchev–Trinajstić information content (AvgIpc) is 2.92. The van der Waals surface area contributed by atoms with Gasteiger partial charge in [0, 0.05) is 13.1 Å². The van der Waals surface area contributed by atoms with Gasteiger partial charge in [-0.25, -0.2) is 24.2 Å². The Morgan fingerprint density at radius 1 is 1.10 bits per heavy atom. The van der Waals surface area contributed by atoms with Gasteiger partial charge in [-0.1, -0.05) is 24.3 Å². The first-order valence-corrected chi connectivity index (χ1v) is 7.41. The van der Waals surface area contributed by atoms with Crippen LogP contribution < -0.4 is 11.3 Å². The first-order chi connectivity index (χ1) is 9.61. The van der Waals surface area contributed by atoms with Crippen molar-refractivity contribution in [1.82, 2.24) is 14.3 Å². The summed E-state index contributed by atoms with van der Waals surface area (Å²) in [7, 11) is -3.59. The highest BCUT2D eigenvalue weighted by molar-refractivity contribution is 7.89. The van der Waals surface area contributed by atoms with E-state index < -0.39 is 10.0 Å². The zero-order valence-corrected chi connectivity index (χ0v) is 11.3. The molecule has 0 radical (unpaired) electrons. The first-order valence-electron chi connectivity index (χ1n) is 5.97. The number of nitrogens with two attached hydrogens (primary N) is 1. The number of benzene rings is 1. The van der Waals surface area contributed by atoms with E-state index in [2.05, 4.69) is 15.4 Å². The van der Waals surface area contributed by atoms with Crippen LogP contribution in [0.1, 0.15) is 11.1 Å². The van der Waals surface area contributed by atoms with Gasteiger partial charge in [0.2, 0.25) is 16.0 Å².